The lowest BCUT2D eigenvalue weighted by atomic mass is 9.68. The Hall–Kier alpha value is -0.330. The second-order valence-electron chi connectivity index (χ2n) is 5.13. The van der Waals surface area contributed by atoms with Crippen LogP contribution in [0.5, 0.6) is 0 Å². The minimum Gasteiger partial charge on any atom is -0.303 e. The normalized spacial score (nSPS) is 55.8. The largest absolute Gasteiger partial charge is 0.303 e. The van der Waals surface area contributed by atoms with Crippen molar-refractivity contribution in [2.75, 3.05) is 0 Å². The van der Waals surface area contributed by atoms with Crippen molar-refractivity contribution in [3.05, 3.63) is 0 Å². The van der Waals surface area contributed by atoms with Crippen LogP contribution in [-0.4, -0.2) is 6.29 Å². The zero-order valence-electron chi connectivity index (χ0n) is 7.41. The molecule has 66 valence electrons. The topological polar surface area (TPSA) is 17.1 Å². The monoisotopic (exact) mass is 164 g/mol. The Labute approximate surface area is 73.5 Å². The van der Waals surface area contributed by atoms with E-state index >= 15 is 0 Å². The summed E-state index contributed by atoms with van der Waals surface area (Å²) in [6, 6.07) is 0. The van der Waals surface area contributed by atoms with E-state index in [1.165, 1.54) is 38.4 Å². The van der Waals surface area contributed by atoms with E-state index in [0.717, 1.165) is 23.7 Å². The van der Waals surface area contributed by atoms with Gasteiger partial charge in [0.15, 0.2) is 0 Å². The highest BCUT2D eigenvalue weighted by molar-refractivity contribution is 5.54. The van der Waals surface area contributed by atoms with Crippen LogP contribution in [0, 0.1) is 29.6 Å². The van der Waals surface area contributed by atoms with Crippen LogP contribution in [0.15, 0.2) is 0 Å². The molecule has 3 aliphatic carbocycles. The molecule has 0 radical (unpaired) electrons. The van der Waals surface area contributed by atoms with Crippen LogP contribution in [0.2, 0.25) is 0 Å². The van der Waals surface area contributed by atoms with E-state index < -0.39 is 0 Å². The van der Waals surface area contributed by atoms with E-state index in [0.29, 0.717) is 5.92 Å². The molecule has 3 fully saturated rings. The first kappa shape index (κ1) is 7.11. The highest BCUT2D eigenvalue weighted by Gasteiger charge is 2.48. The summed E-state index contributed by atoms with van der Waals surface area (Å²) in [6.07, 6.45) is 8.19. The van der Waals surface area contributed by atoms with Crippen LogP contribution in [0.1, 0.15) is 32.1 Å². The molecule has 3 saturated carbocycles. The van der Waals surface area contributed by atoms with Crippen LogP contribution in [-0.2, 0) is 4.79 Å². The molecule has 0 spiro atoms. The minimum absolute atomic E-state index is 0.446. The average molecular weight is 164 g/mol. The van der Waals surface area contributed by atoms with Crippen molar-refractivity contribution in [2.24, 2.45) is 29.6 Å². The Bertz CT molecular complexity index is 209. The fourth-order valence-corrected chi connectivity index (χ4v) is 4.17. The molecule has 0 heterocycles. The Morgan fingerprint density at radius 1 is 0.917 bits per heavy atom. The minimum atomic E-state index is 0.446. The quantitative estimate of drug-likeness (QED) is 0.543. The van der Waals surface area contributed by atoms with E-state index in [-0.39, 0.29) is 0 Å². The Morgan fingerprint density at radius 2 is 1.67 bits per heavy atom. The lowest BCUT2D eigenvalue weighted by molar-refractivity contribution is -0.114. The van der Waals surface area contributed by atoms with Gasteiger partial charge < -0.3 is 4.79 Å². The third kappa shape index (κ3) is 0.826. The fraction of sp³-hybridized carbons (Fsp3) is 0.909. The first-order chi connectivity index (χ1) is 5.86. The van der Waals surface area contributed by atoms with Crippen molar-refractivity contribution in [1.82, 2.24) is 0 Å². The molecular formula is C11H16O. The SMILES string of the molecule is O=C[C@@H]1C[C@@H]2CC3C[C@@H](C2)[C@@H]1C3. The number of hydrogen-bond acceptors (Lipinski definition) is 1. The van der Waals surface area contributed by atoms with E-state index in [2.05, 4.69) is 0 Å². The average Bonchev–Trinajstić information content (AvgIpc) is 2.29. The number of hydrogen-bond donors (Lipinski definition) is 0. The highest BCUT2D eigenvalue weighted by atomic mass is 16.1. The molecule has 0 saturated heterocycles. The first-order valence-corrected chi connectivity index (χ1v) is 5.32. The summed E-state index contributed by atoms with van der Waals surface area (Å²) in [4.78, 5) is 10.9. The van der Waals surface area contributed by atoms with Crippen LogP contribution >= 0.6 is 0 Å². The Balaban J connectivity index is 1.92. The van der Waals surface area contributed by atoms with E-state index in [9.17, 15) is 4.79 Å². The van der Waals surface area contributed by atoms with Gasteiger partial charge in [0.25, 0.3) is 0 Å². The molecule has 1 unspecified atom stereocenters. The fourth-order valence-electron chi connectivity index (χ4n) is 4.17. The number of fused-ring (bicyclic) bond motifs is 2. The Kier molecular flexibility index (Phi) is 1.38. The first-order valence-electron chi connectivity index (χ1n) is 5.32. The van der Waals surface area contributed by atoms with Crippen LogP contribution in [0.4, 0.5) is 0 Å². The van der Waals surface area contributed by atoms with Gasteiger partial charge in [0, 0.05) is 5.92 Å². The van der Waals surface area contributed by atoms with Gasteiger partial charge in [0.1, 0.15) is 6.29 Å². The lowest BCUT2D eigenvalue weighted by Crippen LogP contribution is -2.30. The van der Waals surface area contributed by atoms with Crippen LogP contribution < -0.4 is 0 Å². The molecule has 0 aromatic carbocycles. The summed E-state index contributed by atoms with van der Waals surface area (Å²) >= 11 is 0. The molecule has 5 atom stereocenters. The van der Waals surface area contributed by atoms with Gasteiger partial charge in [-0.1, -0.05) is 0 Å². The molecule has 12 heavy (non-hydrogen) atoms. The maximum absolute atomic E-state index is 10.9. The number of aldehydes is 1. The van der Waals surface area contributed by atoms with Crippen molar-refractivity contribution >= 4 is 6.29 Å². The second-order valence-corrected chi connectivity index (χ2v) is 5.13. The molecule has 0 N–H and O–H groups in total. The van der Waals surface area contributed by atoms with E-state index in [1.807, 2.05) is 0 Å². The van der Waals surface area contributed by atoms with Gasteiger partial charge in [-0.2, -0.15) is 0 Å². The molecule has 0 aliphatic heterocycles. The van der Waals surface area contributed by atoms with E-state index in [1.54, 1.807) is 0 Å². The van der Waals surface area contributed by atoms with Gasteiger partial charge in [-0.15, -0.1) is 0 Å². The van der Waals surface area contributed by atoms with Crippen LogP contribution in [0.3, 0.4) is 0 Å². The molecular weight excluding hydrogens is 148 g/mol. The molecule has 0 amide bonds. The number of carbonyl (C=O) groups is 1. The van der Waals surface area contributed by atoms with Gasteiger partial charge in [0.05, 0.1) is 0 Å². The summed E-state index contributed by atoms with van der Waals surface area (Å²) in [7, 11) is 0. The van der Waals surface area contributed by atoms with Gasteiger partial charge in [-0.05, 0) is 55.8 Å². The molecule has 0 aromatic heterocycles. The third-order valence-corrected chi connectivity index (χ3v) is 4.48. The van der Waals surface area contributed by atoms with Crippen molar-refractivity contribution in [3.8, 4) is 0 Å². The van der Waals surface area contributed by atoms with Crippen molar-refractivity contribution < 1.29 is 4.79 Å². The van der Waals surface area contributed by atoms with Gasteiger partial charge >= 0.3 is 0 Å². The maximum atomic E-state index is 10.9. The van der Waals surface area contributed by atoms with Crippen LogP contribution in [0.25, 0.3) is 0 Å². The van der Waals surface area contributed by atoms with Crippen molar-refractivity contribution in [2.45, 2.75) is 32.1 Å². The third-order valence-electron chi connectivity index (χ3n) is 4.48. The molecule has 3 bridgehead atoms. The number of carbonyl (C=O) groups excluding carboxylic acids is 1. The van der Waals surface area contributed by atoms with Gasteiger partial charge in [-0.3, -0.25) is 0 Å². The number of rotatable bonds is 1. The zero-order valence-corrected chi connectivity index (χ0v) is 7.41. The van der Waals surface area contributed by atoms with Crippen molar-refractivity contribution in [3.63, 3.8) is 0 Å². The maximum Gasteiger partial charge on any atom is 0.123 e. The predicted octanol–water partition coefficient (Wildman–Crippen LogP) is 2.26. The molecule has 1 heteroatoms. The smallest absolute Gasteiger partial charge is 0.123 e. The Morgan fingerprint density at radius 3 is 2.42 bits per heavy atom. The molecule has 3 rings (SSSR count). The van der Waals surface area contributed by atoms with Gasteiger partial charge in [0.2, 0.25) is 0 Å². The van der Waals surface area contributed by atoms with Gasteiger partial charge in [-0.25, -0.2) is 0 Å². The summed E-state index contributed by atoms with van der Waals surface area (Å²) in [5.41, 5.74) is 0. The standard InChI is InChI=1S/C11H16O/c12-6-10-4-7-1-8-3-9(2-7)11(10)5-8/h6-11H,1-5H2/t7-,8?,9-,10+,11+/m1/s1. The second kappa shape index (κ2) is 2.34. The molecule has 3 aliphatic rings. The van der Waals surface area contributed by atoms with E-state index in [4.69, 9.17) is 0 Å². The zero-order chi connectivity index (χ0) is 8.13. The summed E-state index contributed by atoms with van der Waals surface area (Å²) in [5.74, 6) is 4.11. The lowest BCUT2D eigenvalue weighted by Gasteiger charge is -2.37. The molecule has 0 aromatic rings. The summed E-state index contributed by atoms with van der Waals surface area (Å²) in [5, 5.41) is 0. The highest BCUT2D eigenvalue weighted by Crippen LogP contribution is 2.56. The predicted molar refractivity (Wildman–Crippen MR) is 46.6 cm³/mol. The molecule has 1 nitrogen and oxygen atoms in total. The summed E-state index contributed by atoms with van der Waals surface area (Å²) < 4.78 is 0. The van der Waals surface area contributed by atoms with Crippen molar-refractivity contribution in [1.29, 1.82) is 0 Å². The summed E-state index contributed by atoms with van der Waals surface area (Å²) in [6.45, 7) is 0.